The van der Waals surface area contributed by atoms with Gasteiger partial charge in [-0.15, -0.1) is 0 Å². The lowest BCUT2D eigenvalue weighted by atomic mass is 10.2. The van der Waals surface area contributed by atoms with Crippen LogP contribution in [0.5, 0.6) is 5.75 Å². The Morgan fingerprint density at radius 1 is 1.04 bits per heavy atom. The minimum Gasteiger partial charge on any atom is -0.497 e. The third kappa shape index (κ3) is 4.24. The van der Waals surface area contributed by atoms with Gasteiger partial charge in [0.05, 0.1) is 19.1 Å². The first-order chi connectivity index (χ1) is 11.5. The zero-order chi connectivity index (χ0) is 17.7. The van der Waals surface area contributed by atoms with E-state index in [4.69, 9.17) is 4.74 Å². The third-order valence-corrected chi connectivity index (χ3v) is 5.78. The van der Waals surface area contributed by atoms with Gasteiger partial charge in [-0.2, -0.15) is 0 Å². The molecule has 130 valence electrons. The number of nitrogens with zero attached hydrogens (tertiary/aromatic N) is 1. The second-order valence-electron chi connectivity index (χ2n) is 5.15. The smallest absolute Gasteiger partial charge is 0.232 e. The van der Waals surface area contributed by atoms with Crippen molar-refractivity contribution in [3.63, 3.8) is 0 Å². The highest BCUT2D eigenvalue weighted by Gasteiger charge is 2.26. The summed E-state index contributed by atoms with van der Waals surface area (Å²) in [4.78, 5) is 2.23. The highest BCUT2D eigenvalue weighted by Crippen LogP contribution is 2.36. The molecule has 2 aromatic carbocycles. The van der Waals surface area contributed by atoms with Crippen molar-refractivity contribution in [3.05, 3.63) is 48.0 Å². The SMILES string of the molecule is CC.COc1ccc(Sc2ccc3c(c2)CCN3S(C)(=O)=O)cc1. The Morgan fingerprint density at radius 2 is 1.67 bits per heavy atom. The van der Waals surface area contributed by atoms with Gasteiger partial charge >= 0.3 is 0 Å². The lowest BCUT2D eigenvalue weighted by Gasteiger charge is -2.16. The molecule has 0 aliphatic carbocycles. The van der Waals surface area contributed by atoms with Gasteiger partial charge in [0.1, 0.15) is 5.75 Å². The van der Waals surface area contributed by atoms with E-state index in [2.05, 4.69) is 6.07 Å². The molecule has 0 spiro atoms. The quantitative estimate of drug-likeness (QED) is 0.815. The molecule has 0 bridgehead atoms. The zero-order valence-electron chi connectivity index (χ0n) is 14.4. The summed E-state index contributed by atoms with van der Waals surface area (Å²) >= 11 is 1.66. The van der Waals surface area contributed by atoms with Gasteiger partial charge in [0.15, 0.2) is 0 Å². The maximum absolute atomic E-state index is 11.7. The van der Waals surface area contributed by atoms with Crippen molar-refractivity contribution in [2.45, 2.75) is 30.1 Å². The Morgan fingerprint density at radius 3 is 2.25 bits per heavy atom. The lowest BCUT2D eigenvalue weighted by Crippen LogP contribution is -2.27. The lowest BCUT2D eigenvalue weighted by molar-refractivity contribution is 0.414. The third-order valence-electron chi connectivity index (χ3n) is 3.60. The van der Waals surface area contributed by atoms with Gasteiger partial charge in [-0.25, -0.2) is 8.42 Å². The van der Waals surface area contributed by atoms with Crippen LogP contribution in [-0.4, -0.2) is 28.3 Å². The van der Waals surface area contributed by atoms with Crippen LogP contribution in [0.3, 0.4) is 0 Å². The minimum atomic E-state index is -3.18. The molecule has 0 saturated carbocycles. The Kier molecular flexibility index (Phi) is 6.18. The summed E-state index contributed by atoms with van der Waals surface area (Å²) in [5.74, 6) is 0.835. The summed E-state index contributed by atoms with van der Waals surface area (Å²) in [5.41, 5.74) is 1.89. The number of hydrogen-bond donors (Lipinski definition) is 0. The number of fused-ring (bicyclic) bond motifs is 1. The van der Waals surface area contributed by atoms with Gasteiger partial charge in [0.2, 0.25) is 10.0 Å². The first-order valence-electron chi connectivity index (χ1n) is 7.90. The monoisotopic (exact) mass is 365 g/mol. The average Bonchev–Trinajstić information content (AvgIpc) is 3.01. The maximum atomic E-state index is 11.7. The van der Waals surface area contributed by atoms with Crippen LogP contribution < -0.4 is 9.04 Å². The fourth-order valence-electron chi connectivity index (χ4n) is 2.54. The molecule has 3 rings (SSSR count). The Hall–Kier alpha value is -1.66. The molecule has 0 amide bonds. The number of sulfonamides is 1. The molecule has 1 aliphatic rings. The average molecular weight is 366 g/mol. The summed E-state index contributed by atoms with van der Waals surface area (Å²) in [6.45, 7) is 4.53. The van der Waals surface area contributed by atoms with Crippen molar-refractivity contribution in [1.82, 2.24) is 0 Å². The molecule has 2 aromatic rings. The molecular formula is C18H23NO3S2. The van der Waals surface area contributed by atoms with E-state index in [1.165, 1.54) is 10.6 Å². The van der Waals surface area contributed by atoms with Crippen molar-refractivity contribution >= 4 is 27.5 Å². The van der Waals surface area contributed by atoms with E-state index in [9.17, 15) is 8.42 Å². The van der Waals surface area contributed by atoms with Crippen LogP contribution in [0.1, 0.15) is 19.4 Å². The van der Waals surface area contributed by atoms with Crippen LogP contribution in [0, 0.1) is 0 Å². The van der Waals surface area contributed by atoms with E-state index < -0.39 is 10.0 Å². The van der Waals surface area contributed by atoms with E-state index in [0.29, 0.717) is 6.54 Å². The van der Waals surface area contributed by atoms with Gasteiger partial charge < -0.3 is 4.74 Å². The van der Waals surface area contributed by atoms with Crippen LogP contribution in [0.25, 0.3) is 0 Å². The number of ether oxygens (including phenoxy) is 1. The highest BCUT2D eigenvalue weighted by atomic mass is 32.2. The van der Waals surface area contributed by atoms with Crippen LogP contribution in [0.4, 0.5) is 5.69 Å². The summed E-state index contributed by atoms with van der Waals surface area (Å²) < 4.78 is 30.1. The van der Waals surface area contributed by atoms with Crippen molar-refractivity contribution in [3.8, 4) is 5.75 Å². The summed E-state index contributed by atoms with van der Waals surface area (Å²) in [6, 6.07) is 13.8. The van der Waals surface area contributed by atoms with E-state index in [1.54, 1.807) is 18.9 Å². The summed E-state index contributed by atoms with van der Waals surface area (Å²) in [5, 5.41) is 0. The topological polar surface area (TPSA) is 46.6 Å². The van der Waals surface area contributed by atoms with Gasteiger partial charge in [0, 0.05) is 16.3 Å². The molecule has 0 fully saturated rings. The van der Waals surface area contributed by atoms with Crippen molar-refractivity contribution in [2.75, 3.05) is 24.2 Å². The van der Waals surface area contributed by atoms with Crippen molar-refractivity contribution in [1.29, 1.82) is 0 Å². The molecule has 1 aliphatic heterocycles. The maximum Gasteiger partial charge on any atom is 0.232 e. The van der Waals surface area contributed by atoms with Crippen LogP contribution in [-0.2, 0) is 16.4 Å². The normalized spacial score (nSPS) is 13.1. The first kappa shape index (κ1) is 18.7. The molecule has 0 aromatic heterocycles. The van der Waals surface area contributed by atoms with Gasteiger partial charge in [-0.3, -0.25) is 4.31 Å². The summed E-state index contributed by atoms with van der Waals surface area (Å²) in [7, 11) is -1.53. The number of anilines is 1. The standard InChI is InChI=1S/C16H17NO3S2.C2H6/c1-20-13-3-5-14(6-4-13)21-15-7-8-16-12(11-15)9-10-17(16)22(2,18)19;1-2/h3-8,11H,9-10H2,1-2H3;1-2H3. The Balaban J connectivity index is 0.00000100. The molecule has 0 N–H and O–H groups in total. The van der Waals surface area contributed by atoms with E-state index in [-0.39, 0.29) is 0 Å². The molecule has 24 heavy (non-hydrogen) atoms. The minimum absolute atomic E-state index is 0.533. The molecule has 6 heteroatoms. The predicted molar refractivity (Wildman–Crippen MR) is 101 cm³/mol. The molecular weight excluding hydrogens is 342 g/mol. The molecule has 0 unspecified atom stereocenters. The number of rotatable bonds is 4. The molecule has 0 atom stereocenters. The number of benzene rings is 2. The zero-order valence-corrected chi connectivity index (χ0v) is 16.1. The molecule has 4 nitrogen and oxygen atoms in total. The van der Waals surface area contributed by atoms with E-state index >= 15 is 0 Å². The van der Waals surface area contributed by atoms with Gasteiger partial charge in [-0.05, 0) is 54.4 Å². The Bertz CT molecular complexity index is 786. The Labute approximate surface area is 148 Å². The van der Waals surface area contributed by atoms with Crippen molar-refractivity contribution < 1.29 is 13.2 Å². The highest BCUT2D eigenvalue weighted by molar-refractivity contribution is 7.99. The van der Waals surface area contributed by atoms with Crippen molar-refractivity contribution in [2.24, 2.45) is 0 Å². The predicted octanol–water partition coefficient (Wildman–Crippen LogP) is 4.19. The fraction of sp³-hybridized carbons (Fsp3) is 0.333. The molecule has 0 radical (unpaired) electrons. The van der Waals surface area contributed by atoms with Crippen LogP contribution in [0.2, 0.25) is 0 Å². The van der Waals surface area contributed by atoms with Gasteiger partial charge in [0.25, 0.3) is 0 Å². The molecule has 1 heterocycles. The fourth-order valence-corrected chi connectivity index (χ4v) is 4.38. The van der Waals surface area contributed by atoms with Crippen LogP contribution >= 0.6 is 11.8 Å². The molecule has 0 saturated heterocycles. The first-order valence-corrected chi connectivity index (χ1v) is 10.6. The van der Waals surface area contributed by atoms with E-state index in [1.807, 2.05) is 50.2 Å². The second-order valence-corrected chi connectivity index (χ2v) is 8.21. The van der Waals surface area contributed by atoms with Crippen LogP contribution in [0.15, 0.2) is 52.3 Å². The number of methoxy groups -OCH3 is 1. The van der Waals surface area contributed by atoms with Gasteiger partial charge in [-0.1, -0.05) is 25.6 Å². The van der Waals surface area contributed by atoms with E-state index in [0.717, 1.165) is 33.2 Å². The largest absolute Gasteiger partial charge is 0.497 e. The summed E-state index contributed by atoms with van der Waals surface area (Å²) in [6.07, 6.45) is 2.02. The number of hydrogen-bond acceptors (Lipinski definition) is 4. The second kappa shape index (κ2) is 7.94.